The summed E-state index contributed by atoms with van der Waals surface area (Å²) in [6, 6.07) is 0.561. The summed E-state index contributed by atoms with van der Waals surface area (Å²) in [5.74, 6) is 1.08. The molecule has 0 aromatic heterocycles. The molecule has 5 nitrogen and oxygen atoms in total. The maximum Gasteiger partial charge on any atom is 0.191 e. The molecule has 0 amide bonds. The second-order valence-electron chi connectivity index (χ2n) is 5.41. The second-order valence-corrected chi connectivity index (χ2v) is 7.55. The van der Waals surface area contributed by atoms with E-state index < -0.39 is 9.84 Å². The quantitative estimate of drug-likeness (QED) is 0.415. The number of aliphatic imine (C=N–C) groups is 1. The zero-order chi connectivity index (χ0) is 12.5. The third-order valence-corrected chi connectivity index (χ3v) is 4.43. The lowest BCUT2D eigenvalue weighted by Gasteiger charge is -2.17. The van der Waals surface area contributed by atoms with Gasteiger partial charge < -0.3 is 10.6 Å². The van der Waals surface area contributed by atoms with Crippen molar-refractivity contribution in [2.75, 3.05) is 25.6 Å². The first-order valence-electron chi connectivity index (χ1n) is 6.07. The second kappa shape index (κ2) is 5.94. The molecule has 2 aliphatic rings. The molecule has 2 saturated carbocycles. The molecule has 0 aromatic rings. The summed E-state index contributed by atoms with van der Waals surface area (Å²) in [5, 5.41) is 6.53. The molecule has 0 heterocycles. The van der Waals surface area contributed by atoms with Crippen LogP contribution >= 0.6 is 24.0 Å². The van der Waals surface area contributed by atoms with Crippen molar-refractivity contribution >= 4 is 39.8 Å². The van der Waals surface area contributed by atoms with Crippen molar-refractivity contribution in [3.8, 4) is 0 Å². The molecule has 2 aliphatic carbocycles. The van der Waals surface area contributed by atoms with Crippen molar-refractivity contribution in [3.63, 3.8) is 0 Å². The molecule has 2 N–H and O–H groups in total. The van der Waals surface area contributed by atoms with E-state index in [0.29, 0.717) is 12.6 Å². The summed E-state index contributed by atoms with van der Waals surface area (Å²) >= 11 is 0. The van der Waals surface area contributed by atoms with Gasteiger partial charge in [0.2, 0.25) is 0 Å². The van der Waals surface area contributed by atoms with Crippen LogP contribution in [-0.2, 0) is 9.84 Å². The Morgan fingerprint density at radius 1 is 1.39 bits per heavy atom. The van der Waals surface area contributed by atoms with Gasteiger partial charge in [-0.15, -0.1) is 24.0 Å². The first-order chi connectivity index (χ1) is 7.92. The molecule has 0 saturated heterocycles. The Morgan fingerprint density at radius 3 is 2.39 bits per heavy atom. The van der Waals surface area contributed by atoms with Crippen LogP contribution in [0.1, 0.15) is 25.7 Å². The molecule has 7 heteroatoms. The molecule has 0 atom stereocenters. The van der Waals surface area contributed by atoms with Gasteiger partial charge in [-0.2, -0.15) is 0 Å². The van der Waals surface area contributed by atoms with E-state index in [1.807, 2.05) is 0 Å². The van der Waals surface area contributed by atoms with Crippen LogP contribution in [0.2, 0.25) is 0 Å². The van der Waals surface area contributed by atoms with Crippen LogP contribution in [0.3, 0.4) is 0 Å². The summed E-state index contributed by atoms with van der Waals surface area (Å²) in [7, 11) is -1.14. The van der Waals surface area contributed by atoms with Crippen LogP contribution in [-0.4, -0.2) is 46.0 Å². The number of rotatable bonds is 5. The highest BCUT2D eigenvalue weighted by atomic mass is 127. The molecule has 0 aliphatic heterocycles. The van der Waals surface area contributed by atoms with Gasteiger partial charge in [-0.1, -0.05) is 0 Å². The Labute approximate surface area is 126 Å². The summed E-state index contributed by atoms with van der Waals surface area (Å²) in [6.07, 6.45) is 5.70. The maximum absolute atomic E-state index is 11.3. The fourth-order valence-corrected chi connectivity index (χ4v) is 3.50. The zero-order valence-corrected chi connectivity index (χ0v) is 14.0. The van der Waals surface area contributed by atoms with E-state index in [2.05, 4.69) is 15.6 Å². The highest BCUT2D eigenvalue weighted by Crippen LogP contribution is 2.45. The van der Waals surface area contributed by atoms with Gasteiger partial charge in [0.1, 0.15) is 9.84 Å². The fourth-order valence-electron chi connectivity index (χ4n) is 1.99. The molecular weight excluding hydrogens is 365 g/mol. The smallest absolute Gasteiger partial charge is 0.191 e. The van der Waals surface area contributed by atoms with Crippen molar-refractivity contribution in [2.45, 2.75) is 31.7 Å². The van der Waals surface area contributed by atoms with Crippen LogP contribution in [0.15, 0.2) is 4.99 Å². The van der Waals surface area contributed by atoms with Crippen molar-refractivity contribution < 1.29 is 8.42 Å². The first-order valence-corrected chi connectivity index (χ1v) is 8.13. The van der Waals surface area contributed by atoms with Crippen molar-refractivity contribution in [2.24, 2.45) is 10.4 Å². The number of nitrogens with zero attached hydrogens (tertiary/aromatic N) is 1. The molecule has 0 spiro atoms. The molecule has 0 radical (unpaired) electrons. The number of hydrogen-bond donors (Lipinski definition) is 2. The lowest BCUT2D eigenvalue weighted by molar-refractivity contribution is 0.529. The summed E-state index contributed by atoms with van der Waals surface area (Å²) in [5.41, 5.74) is -0.0469. The molecule has 0 bridgehead atoms. The molecule has 106 valence electrons. The van der Waals surface area contributed by atoms with Gasteiger partial charge in [-0.25, -0.2) is 8.42 Å². The minimum Gasteiger partial charge on any atom is -0.356 e. The highest BCUT2D eigenvalue weighted by molar-refractivity contribution is 14.0. The topological polar surface area (TPSA) is 70.6 Å². The van der Waals surface area contributed by atoms with Gasteiger partial charge >= 0.3 is 0 Å². The van der Waals surface area contributed by atoms with Gasteiger partial charge in [-0.05, 0) is 25.7 Å². The molecule has 0 unspecified atom stereocenters. The molecule has 2 rings (SSSR count). The molecule has 18 heavy (non-hydrogen) atoms. The Bertz CT molecular complexity index is 414. The van der Waals surface area contributed by atoms with Crippen molar-refractivity contribution in [1.82, 2.24) is 10.6 Å². The SMILES string of the molecule is CN=C(NCC1(CS(C)(=O)=O)CC1)NC1CC1.I. The Balaban J connectivity index is 0.00000162. The van der Waals surface area contributed by atoms with Crippen molar-refractivity contribution in [3.05, 3.63) is 0 Å². The van der Waals surface area contributed by atoms with E-state index in [0.717, 1.165) is 18.8 Å². The normalized spacial score (nSPS) is 22.0. The minimum absolute atomic E-state index is 0. The van der Waals surface area contributed by atoms with E-state index >= 15 is 0 Å². The van der Waals surface area contributed by atoms with Crippen LogP contribution in [0.5, 0.6) is 0 Å². The number of guanidine groups is 1. The van der Waals surface area contributed by atoms with E-state index in [-0.39, 0.29) is 35.1 Å². The third kappa shape index (κ3) is 5.29. The van der Waals surface area contributed by atoms with Gasteiger partial charge in [0.15, 0.2) is 5.96 Å². The van der Waals surface area contributed by atoms with E-state index in [1.54, 1.807) is 7.05 Å². The van der Waals surface area contributed by atoms with Gasteiger partial charge in [0.05, 0.1) is 5.75 Å². The average Bonchev–Trinajstić information content (AvgIpc) is 3.08. The van der Waals surface area contributed by atoms with E-state index in [4.69, 9.17) is 0 Å². The fraction of sp³-hybridized carbons (Fsp3) is 0.909. The average molecular weight is 387 g/mol. The molecule has 2 fully saturated rings. The first kappa shape index (κ1) is 16.0. The van der Waals surface area contributed by atoms with Gasteiger partial charge in [0, 0.05) is 31.3 Å². The number of halogens is 1. The molecule has 0 aromatic carbocycles. The van der Waals surface area contributed by atoms with E-state index in [1.165, 1.54) is 19.1 Å². The zero-order valence-electron chi connectivity index (χ0n) is 10.9. The van der Waals surface area contributed by atoms with Crippen LogP contribution < -0.4 is 10.6 Å². The minimum atomic E-state index is -2.88. The Morgan fingerprint density at radius 2 is 2.00 bits per heavy atom. The van der Waals surface area contributed by atoms with Crippen LogP contribution in [0, 0.1) is 5.41 Å². The summed E-state index contributed by atoms with van der Waals surface area (Å²) in [4.78, 5) is 4.14. The van der Waals surface area contributed by atoms with Gasteiger partial charge in [0.25, 0.3) is 0 Å². The largest absolute Gasteiger partial charge is 0.356 e. The predicted octanol–water partition coefficient (Wildman–Crippen LogP) is 0.757. The lowest BCUT2D eigenvalue weighted by Crippen LogP contribution is -2.42. The predicted molar refractivity (Wildman–Crippen MR) is 84.3 cm³/mol. The Hall–Kier alpha value is -0.0500. The number of nitrogens with one attached hydrogen (secondary N) is 2. The van der Waals surface area contributed by atoms with E-state index in [9.17, 15) is 8.42 Å². The molecular formula is C11H22IN3O2S. The third-order valence-electron chi connectivity index (χ3n) is 3.30. The van der Waals surface area contributed by atoms with Gasteiger partial charge in [-0.3, -0.25) is 4.99 Å². The van der Waals surface area contributed by atoms with Crippen LogP contribution in [0.4, 0.5) is 0 Å². The number of sulfone groups is 1. The highest BCUT2D eigenvalue weighted by Gasteiger charge is 2.45. The summed E-state index contributed by atoms with van der Waals surface area (Å²) < 4.78 is 22.6. The lowest BCUT2D eigenvalue weighted by atomic mass is 10.1. The standard InChI is InChI=1S/C11H21N3O2S.HI/c1-12-10(14-9-3-4-9)13-7-11(5-6-11)8-17(2,15)16;/h9H,3-8H2,1-2H3,(H2,12,13,14);1H. The number of hydrogen-bond acceptors (Lipinski definition) is 3. The van der Waals surface area contributed by atoms with Crippen molar-refractivity contribution in [1.29, 1.82) is 0 Å². The van der Waals surface area contributed by atoms with Crippen LogP contribution in [0.25, 0.3) is 0 Å². The monoisotopic (exact) mass is 387 g/mol. The maximum atomic E-state index is 11.3. The summed E-state index contributed by atoms with van der Waals surface area (Å²) in [6.45, 7) is 0.701. The Kier molecular flexibility index (Phi) is 5.28.